The summed E-state index contributed by atoms with van der Waals surface area (Å²) in [5.74, 6) is 0.448. The average molecular weight is 382 g/mol. The second kappa shape index (κ2) is 7.54. The van der Waals surface area contributed by atoms with Gasteiger partial charge in [-0.15, -0.1) is 0 Å². The Morgan fingerprint density at radius 1 is 1.27 bits per heavy atom. The van der Waals surface area contributed by atoms with Crippen molar-refractivity contribution in [2.45, 2.75) is 24.7 Å². The third-order valence-corrected chi connectivity index (χ3v) is 7.21. The Morgan fingerprint density at radius 2 is 1.96 bits per heavy atom. The lowest BCUT2D eigenvalue weighted by molar-refractivity contribution is -0.131. The minimum Gasteiger partial charge on any atom is -0.492 e. The molecular formula is C18H26N2O5S. The lowest BCUT2D eigenvalue weighted by Gasteiger charge is -2.44. The van der Waals surface area contributed by atoms with Crippen LogP contribution in [0.2, 0.25) is 0 Å². The van der Waals surface area contributed by atoms with Crippen molar-refractivity contribution in [3.63, 3.8) is 0 Å². The summed E-state index contributed by atoms with van der Waals surface area (Å²) in [6, 6.07) is 6.77. The van der Waals surface area contributed by atoms with Crippen LogP contribution in [0.4, 0.5) is 0 Å². The molecule has 0 N–H and O–H groups in total. The maximum atomic E-state index is 13.2. The lowest BCUT2D eigenvalue weighted by Crippen LogP contribution is -2.52. The molecule has 2 heterocycles. The molecule has 1 aromatic rings. The molecule has 0 saturated carbocycles. The van der Waals surface area contributed by atoms with Gasteiger partial charge in [-0.25, -0.2) is 8.42 Å². The van der Waals surface area contributed by atoms with E-state index in [-0.39, 0.29) is 16.2 Å². The Hall–Kier alpha value is -1.64. The van der Waals surface area contributed by atoms with Crippen molar-refractivity contribution < 1.29 is 22.7 Å². The first-order valence-corrected chi connectivity index (χ1v) is 10.3. The van der Waals surface area contributed by atoms with Gasteiger partial charge in [-0.05, 0) is 25.0 Å². The Labute approximate surface area is 154 Å². The molecule has 0 aromatic heterocycles. The van der Waals surface area contributed by atoms with E-state index in [1.54, 1.807) is 38.3 Å². The molecule has 1 fully saturated rings. The second-order valence-corrected chi connectivity index (χ2v) is 8.98. The standard InChI is InChI=1S/C18H26N2O5S/c1-15(21)19-9-7-18(8-10-19)13-20(11-12-24-2)26(22,23)17-6-4-3-5-16(17)25-14-18/h3-6H,7-14H2,1-2H3. The van der Waals surface area contributed by atoms with Crippen LogP contribution < -0.4 is 4.74 Å². The Bertz CT molecular complexity index is 757. The van der Waals surface area contributed by atoms with Gasteiger partial charge in [0, 0.05) is 45.6 Å². The molecule has 0 radical (unpaired) electrons. The maximum absolute atomic E-state index is 13.2. The highest BCUT2D eigenvalue weighted by atomic mass is 32.2. The lowest BCUT2D eigenvalue weighted by atomic mass is 9.78. The second-order valence-electron chi connectivity index (χ2n) is 7.07. The van der Waals surface area contributed by atoms with Crippen molar-refractivity contribution in [1.29, 1.82) is 0 Å². The summed E-state index contributed by atoms with van der Waals surface area (Å²) in [5.41, 5.74) is -0.305. The number of rotatable bonds is 3. The van der Waals surface area contributed by atoms with Gasteiger partial charge in [0.15, 0.2) is 0 Å². The summed E-state index contributed by atoms with van der Waals surface area (Å²) in [6.45, 7) is 4.26. The van der Waals surface area contributed by atoms with Gasteiger partial charge in [-0.3, -0.25) is 4.79 Å². The van der Waals surface area contributed by atoms with E-state index in [9.17, 15) is 13.2 Å². The van der Waals surface area contributed by atoms with E-state index >= 15 is 0 Å². The molecule has 1 spiro atoms. The molecule has 0 aliphatic carbocycles. The zero-order valence-electron chi connectivity index (χ0n) is 15.3. The number of methoxy groups -OCH3 is 1. The molecule has 3 rings (SSSR count). The van der Waals surface area contributed by atoms with Crippen LogP contribution in [0.1, 0.15) is 19.8 Å². The topological polar surface area (TPSA) is 76.2 Å². The van der Waals surface area contributed by atoms with Crippen LogP contribution >= 0.6 is 0 Å². The van der Waals surface area contributed by atoms with E-state index in [1.807, 2.05) is 4.90 Å². The van der Waals surface area contributed by atoms with E-state index in [1.165, 1.54) is 4.31 Å². The van der Waals surface area contributed by atoms with Crippen molar-refractivity contribution in [1.82, 2.24) is 9.21 Å². The fraction of sp³-hybridized carbons (Fsp3) is 0.611. The van der Waals surface area contributed by atoms with Gasteiger partial charge in [-0.1, -0.05) is 12.1 Å². The summed E-state index contributed by atoms with van der Waals surface area (Å²) in [5, 5.41) is 0. The highest BCUT2D eigenvalue weighted by Crippen LogP contribution is 2.39. The van der Waals surface area contributed by atoms with Crippen LogP contribution in [-0.2, 0) is 19.6 Å². The first kappa shape index (κ1) is 19.1. The molecule has 26 heavy (non-hydrogen) atoms. The van der Waals surface area contributed by atoms with Crippen molar-refractivity contribution in [2.24, 2.45) is 5.41 Å². The number of ether oxygens (including phenoxy) is 2. The Balaban J connectivity index is 1.93. The minimum absolute atomic E-state index is 0.0563. The van der Waals surface area contributed by atoms with Crippen LogP contribution in [0.15, 0.2) is 29.2 Å². The van der Waals surface area contributed by atoms with Gasteiger partial charge >= 0.3 is 0 Å². The van der Waals surface area contributed by atoms with Crippen molar-refractivity contribution >= 4 is 15.9 Å². The van der Waals surface area contributed by atoms with Gasteiger partial charge in [-0.2, -0.15) is 4.31 Å². The van der Waals surface area contributed by atoms with E-state index in [0.29, 0.717) is 58.0 Å². The van der Waals surface area contributed by atoms with Gasteiger partial charge in [0.25, 0.3) is 0 Å². The zero-order chi connectivity index (χ0) is 18.8. The zero-order valence-corrected chi connectivity index (χ0v) is 16.1. The summed E-state index contributed by atoms with van der Waals surface area (Å²) < 4.78 is 39.0. The van der Waals surface area contributed by atoms with Crippen LogP contribution in [0.3, 0.4) is 0 Å². The average Bonchev–Trinajstić information content (AvgIpc) is 2.63. The number of hydrogen-bond donors (Lipinski definition) is 0. The highest BCUT2D eigenvalue weighted by Gasteiger charge is 2.43. The van der Waals surface area contributed by atoms with Crippen LogP contribution in [-0.4, -0.2) is 70.0 Å². The number of benzene rings is 1. The van der Waals surface area contributed by atoms with Crippen LogP contribution in [0.25, 0.3) is 0 Å². The number of likely N-dealkylation sites (tertiary alicyclic amines) is 1. The molecule has 7 nitrogen and oxygen atoms in total. The molecule has 1 aromatic carbocycles. The van der Waals surface area contributed by atoms with E-state index in [0.717, 1.165) is 0 Å². The highest BCUT2D eigenvalue weighted by molar-refractivity contribution is 7.89. The summed E-state index contributed by atoms with van der Waals surface area (Å²) in [7, 11) is -2.11. The quantitative estimate of drug-likeness (QED) is 0.789. The summed E-state index contributed by atoms with van der Waals surface area (Å²) in [4.78, 5) is 13.6. The van der Waals surface area contributed by atoms with Gasteiger partial charge in [0.2, 0.25) is 15.9 Å². The SMILES string of the molecule is COCCN1CC2(CCN(C(C)=O)CC2)COc2ccccc2S1(=O)=O. The Kier molecular flexibility index (Phi) is 5.55. The molecule has 144 valence electrons. The van der Waals surface area contributed by atoms with Crippen LogP contribution in [0, 0.1) is 5.41 Å². The molecule has 1 amide bonds. The predicted octanol–water partition coefficient (Wildman–Crippen LogP) is 1.34. The smallest absolute Gasteiger partial charge is 0.246 e. The van der Waals surface area contributed by atoms with Crippen LogP contribution in [0.5, 0.6) is 5.75 Å². The van der Waals surface area contributed by atoms with E-state index < -0.39 is 10.0 Å². The van der Waals surface area contributed by atoms with E-state index in [4.69, 9.17) is 9.47 Å². The Morgan fingerprint density at radius 3 is 2.62 bits per heavy atom. The fourth-order valence-electron chi connectivity index (χ4n) is 3.65. The fourth-order valence-corrected chi connectivity index (χ4v) is 5.32. The van der Waals surface area contributed by atoms with Crippen molar-refractivity contribution in [3.8, 4) is 5.75 Å². The molecule has 0 unspecified atom stereocenters. The molecule has 2 aliphatic rings. The minimum atomic E-state index is -3.67. The number of fused-ring (bicyclic) bond motifs is 1. The molecular weight excluding hydrogens is 356 g/mol. The number of sulfonamides is 1. The third-order valence-electron chi connectivity index (χ3n) is 5.33. The van der Waals surface area contributed by atoms with Gasteiger partial charge < -0.3 is 14.4 Å². The third kappa shape index (κ3) is 3.72. The number of piperidine rings is 1. The molecule has 0 bridgehead atoms. The van der Waals surface area contributed by atoms with Gasteiger partial charge in [0.05, 0.1) is 13.2 Å². The van der Waals surface area contributed by atoms with Gasteiger partial charge in [0.1, 0.15) is 10.6 Å². The van der Waals surface area contributed by atoms with Crippen molar-refractivity contribution in [3.05, 3.63) is 24.3 Å². The molecule has 8 heteroatoms. The largest absolute Gasteiger partial charge is 0.492 e. The number of carbonyl (C=O) groups excluding carboxylic acids is 1. The normalized spacial score (nSPS) is 22.2. The summed E-state index contributed by atoms with van der Waals surface area (Å²) in [6.07, 6.45) is 1.43. The molecule has 2 aliphatic heterocycles. The first-order valence-electron chi connectivity index (χ1n) is 8.84. The van der Waals surface area contributed by atoms with E-state index in [2.05, 4.69) is 0 Å². The molecule has 0 atom stereocenters. The number of nitrogens with zero attached hydrogens (tertiary/aromatic N) is 2. The monoisotopic (exact) mass is 382 g/mol. The number of amides is 1. The first-order chi connectivity index (χ1) is 12.4. The number of carbonyl (C=O) groups is 1. The number of para-hydroxylation sites is 1. The number of hydrogen-bond acceptors (Lipinski definition) is 5. The van der Waals surface area contributed by atoms with Crippen molar-refractivity contribution in [2.75, 3.05) is 46.5 Å². The predicted molar refractivity (Wildman–Crippen MR) is 96.5 cm³/mol. The summed E-state index contributed by atoms with van der Waals surface area (Å²) >= 11 is 0. The molecule has 1 saturated heterocycles. The maximum Gasteiger partial charge on any atom is 0.246 e.